The van der Waals surface area contributed by atoms with Gasteiger partial charge in [-0.3, -0.25) is 4.79 Å². The second-order valence-corrected chi connectivity index (χ2v) is 6.38. The van der Waals surface area contributed by atoms with Crippen molar-refractivity contribution in [3.05, 3.63) is 101 Å². The molecule has 28 heavy (non-hydrogen) atoms. The van der Waals surface area contributed by atoms with Gasteiger partial charge in [-0.15, -0.1) is 0 Å². The van der Waals surface area contributed by atoms with Crippen LogP contribution < -0.4 is 5.56 Å². The molecule has 0 unspecified atom stereocenters. The van der Waals surface area contributed by atoms with Gasteiger partial charge in [0.2, 0.25) is 5.88 Å². The van der Waals surface area contributed by atoms with Crippen LogP contribution in [0.25, 0.3) is 39.4 Å². The summed E-state index contributed by atoms with van der Waals surface area (Å²) in [5.41, 5.74) is 2.85. The standard InChI is InChI=1S/C23H15N3O2/c27-23-18-13-7-8-14-19(18)24-22(17-11-5-2-6-12-17)26(23)21-15-20(25-28-21)16-9-3-1-4-10-16/h1-15H. The van der Waals surface area contributed by atoms with Gasteiger partial charge in [0, 0.05) is 17.2 Å². The maximum Gasteiger partial charge on any atom is 0.268 e. The van der Waals surface area contributed by atoms with Crippen molar-refractivity contribution in [1.29, 1.82) is 0 Å². The van der Waals surface area contributed by atoms with Crippen molar-refractivity contribution in [2.24, 2.45) is 0 Å². The molecule has 0 aliphatic rings. The first-order valence-electron chi connectivity index (χ1n) is 8.91. The van der Waals surface area contributed by atoms with E-state index >= 15 is 0 Å². The van der Waals surface area contributed by atoms with Gasteiger partial charge < -0.3 is 4.52 Å². The van der Waals surface area contributed by atoms with Crippen LogP contribution in [0, 0.1) is 0 Å². The lowest BCUT2D eigenvalue weighted by Crippen LogP contribution is -2.21. The van der Waals surface area contributed by atoms with E-state index in [1.807, 2.05) is 78.9 Å². The minimum Gasteiger partial charge on any atom is -0.337 e. The third-order valence-electron chi connectivity index (χ3n) is 4.60. The summed E-state index contributed by atoms with van der Waals surface area (Å²) in [6.07, 6.45) is 0. The van der Waals surface area contributed by atoms with E-state index in [-0.39, 0.29) is 5.56 Å². The Morgan fingerprint density at radius 3 is 2.14 bits per heavy atom. The van der Waals surface area contributed by atoms with Crippen molar-refractivity contribution < 1.29 is 4.52 Å². The Hall–Kier alpha value is -3.99. The van der Waals surface area contributed by atoms with Gasteiger partial charge in [-0.05, 0) is 12.1 Å². The van der Waals surface area contributed by atoms with Crippen molar-refractivity contribution >= 4 is 10.9 Å². The monoisotopic (exact) mass is 365 g/mol. The molecule has 0 aliphatic carbocycles. The summed E-state index contributed by atoms with van der Waals surface area (Å²) in [4.78, 5) is 18.0. The molecule has 5 nitrogen and oxygen atoms in total. The molecule has 5 aromatic rings. The molecule has 0 aliphatic heterocycles. The minimum atomic E-state index is -0.194. The number of para-hydroxylation sites is 1. The summed E-state index contributed by atoms with van der Waals surface area (Å²) >= 11 is 0. The molecule has 0 N–H and O–H groups in total. The average molecular weight is 365 g/mol. The number of rotatable bonds is 3. The van der Waals surface area contributed by atoms with Crippen molar-refractivity contribution in [3.63, 3.8) is 0 Å². The molecule has 0 saturated carbocycles. The molecule has 5 heteroatoms. The molecule has 0 saturated heterocycles. The van der Waals surface area contributed by atoms with Crippen LogP contribution in [0.5, 0.6) is 0 Å². The fourth-order valence-electron chi connectivity index (χ4n) is 3.23. The summed E-state index contributed by atoms with van der Waals surface area (Å²) in [5, 5.41) is 4.68. The predicted octanol–water partition coefficient (Wildman–Crippen LogP) is 4.71. The van der Waals surface area contributed by atoms with E-state index < -0.39 is 0 Å². The maximum absolute atomic E-state index is 13.3. The topological polar surface area (TPSA) is 60.9 Å². The Morgan fingerprint density at radius 2 is 1.39 bits per heavy atom. The zero-order valence-electron chi connectivity index (χ0n) is 14.8. The Kier molecular flexibility index (Phi) is 3.84. The largest absolute Gasteiger partial charge is 0.337 e. The Labute approximate surface area is 160 Å². The fraction of sp³-hybridized carbons (Fsp3) is 0. The minimum absolute atomic E-state index is 0.194. The first kappa shape index (κ1) is 16.2. The van der Waals surface area contributed by atoms with Crippen LogP contribution in [0.3, 0.4) is 0 Å². The fourth-order valence-corrected chi connectivity index (χ4v) is 3.23. The summed E-state index contributed by atoms with van der Waals surface area (Å²) in [7, 11) is 0. The molecule has 0 bridgehead atoms. The van der Waals surface area contributed by atoms with Crippen LogP contribution in [0.4, 0.5) is 0 Å². The van der Waals surface area contributed by atoms with Gasteiger partial charge in [-0.1, -0.05) is 78.0 Å². The highest BCUT2D eigenvalue weighted by Crippen LogP contribution is 2.25. The van der Waals surface area contributed by atoms with Gasteiger partial charge in [-0.2, -0.15) is 0 Å². The van der Waals surface area contributed by atoms with Crippen LogP contribution >= 0.6 is 0 Å². The molecule has 134 valence electrons. The zero-order chi connectivity index (χ0) is 18.9. The van der Waals surface area contributed by atoms with E-state index in [1.54, 1.807) is 12.1 Å². The number of aromatic nitrogens is 3. The molecule has 2 aromatic heterocycles. The van der Waals surface area contributed by atoms with Gasteiger partial charge in [0.15, 0.2) is 5.82 Å². The van der Waals surface area contributed by atoms with E-state index in [0.717, 1.165) is 11.1 Å². The van der Waals surface area contributed by atoms with Gasteiger partial charge in [0.05, 0.1) is 10.9 Å². The van der Waals surface area contributed by atoms with Crippen LogP contribution in [0.1, 0.15) is 0 Å². The van der Waals surface area contributed by atoms with Gasteiger partial charge >= 0.3 is 0 Å². The summed E-state index contributed by atoms with van der Waals surface area (Å²) in [6, 6.07) is 28.4. The lowest BCUT2D eigenvalue weighted by atomic mass is 10.1. The molecule has 0 amide bonds. The van der Waals surface area contributed by atoms with Crippen LogP contribution in [0.15, 0.2) is 100 Å². The molecule has 0 atom stereocenters. The molecule has 0 radical (unpaired) electrons. The van der Waals surface area contributed by atoms with E-state index in [1.165, 1.54) is 4.57 Å². The van der Waals surface area contributed by atoms with Crippen LogP contribution in [0.2, 0.25) is 0 Å². The third-order valence-corrected chi connectivity index (χ3v) is 4.60. The Balaban J connectivity index is 1.78. The van der Waals surface area contributed by atoms with E-state index in [9.17, 15) is 4.79 Å². The van der Waals surface area contributed by atoms with Crippen LogP contribution in [-0.4, -0.2) is 14.7 Å². The molecular formula is C23H15N3O2. The Bertz CT molecular complexity index is 1320. The molecule has 0 fully saturated rings. The number of hydrogen-bond acceptors (Lipinski definition) is 4. The quantitative estimate of drug-likeness (QED) is 0.465. The molecule has 3 aromatic carbocycles. The van der Waals surface area contributed by atoms with Gasteiger partial charge in [0.25, 0.3) is 5.56 Å². The summed E-state index contributed by atoms with van der Waals surface area (Å²) < 4.78 is 7.05. The molecular weight excluding hydrogens is 350 g/mol. The van der Waals surface area contributed by atoms with Gasteiger partial charge in [-0.25, -0.2) is 9.55 Å². The average Bonchev–Trinajstić information content (AvgIpc) is 3.25. The van der Waals surface area contributed by atoms with Crippen molar-refractivity contribution in [1.82, 2.24) is 14.7 Å². The second kappa shape index (κ2) is 6.63. The first-order chi connectivity index (χ1) is 13.8. The summed E-state index contributed by atoms with van der Waals surface area (Å²) in [5.74, 6) is 0.848. The van der Waals surface area contributed by atoms with Crippen LogP contribution in [-0.2, 0) is 0 Å². The molecule has 0 spiro atoms. The van der Waals surface area contributed by atoms with Crippen molar-refractivity contribution in [3.8, 4) is 28.5 Å². The number of benzene rings is 3. The molecule has 5 rings (SSSR count). The lowest BCUT2D eigenvalue weighted by Gasteiger charge is -2.10. The van der Waals surface area contributed by atoms with Crippen molar-refractivity contribution in [2.75, 3.05) is 0 Å². The summed E-state index contributed by atoms with van der Waals surface area (Å²) in [6.45, 7) is 0. The van der Waals surface area contributed by atoms with Crippen molar-refractivity contribution in [2.45, 2.75) is 0 Å². The SMILES string of the molecule is O=c1c2ccccc2nc(-c2ccccc2)n1-c1cc(-c2ccccc2)no1. The normalized spacial score (nSPS) is 11.0. The highest BCUT2D eigenvalue weighted by Gasteiger charge is 2.18. The van der Waals surface area contributed by atoms with E-state index in [4.69, 9.17) is 9.51 Å². The first-order valence-corrected chi connectivity index (χ1v) is 8.91. The molecule has 2 heterocycles. The number of nitrogens with zero attached hydrogens (tertiary/aromatic N) is 3. The van der Waals surface area contributed by atoms with E-state index in [0.29, 0.717) is 28.3 Å². The number of fused-ring (bicyclic) bond motifs is 1. The highest BCUT2D eigenvalue weighted by atomic mass is 16.5. The predicted molar refractivity (Wildman–Crippen MR) is 108 cm³/mol. The van der Waals surface area contributed by atoms with E-state index in [2.05, 4.69) is 5.16 Å². The second-order valence-electron chi connectivity index (χ2n) is 6.38. The highest BCUT2D eigenvalue weighted by molar-refractivity contribution is 5.80. The lowest BCUT2D eigenvalue weighted by molar-refractivity contribution is 0.406. The number of hydrogen-bond donors (Lipinski definition) is 0. The van der Waals surface area contributed by atoms with Gasteiger partial charge in [0.1, 0.15) is 5.69 Å². The Morgan fingerprint density at radius 1 is 0.750 bits per heavy atom. The third kappa shape index (κ3) is 2.70. The smallest absolute Gasteiger partial charge is 0.268 e. The maximum atomic E-state index is 13.3. The zero-order valence-corrected chi connectivity index (χ0v) is 14.8.